The molecule has 1 aromatic heterocycles. The summed E-state index contributed by atoms with van der Waals surface area (Å²) in [6.07, 6.45) is 2.44. The summed E-state index contributed by atoms with van der Waals surface area (Å²) >= 11 is 0. The van der Waals surface area contributed by atoms with Gasteiger partial charge in [0, 0.05) is 17.7 Å². The normalized spacial score (nSPS) is 24.8. The van der Waals surface area contributed by atoms with Crippen LogP contribution in [0.25, 0.3) is 0 Å². The third kappa shape index (κ3) is 4.84. The summed E-state index contributed by atoms with van der Waals surface area (Å²) in [6.45, 7) is 7.21. The summed E-state index contributed by atoms with van der Waals surface area (Å²) in [5, 5.41) is 12.9. The van der Waals surface area contributed by atoms with Gasteiger partial charge in [-0.15, -0.1) is 5.10 Å². The van der Waals surface area contributed by atoms with Crippen molar-refractivity contribution in [1.82, 2.24) is 20.2 Å². The fraction of sp³-hybridized carbons (Fsp3) is 0.458. The highest BCUT2D eigenvalue weighted by atomic mass is 16.5. The Morgan fingerprint density at radius 2 is 1.71 bits per heavy atom. The molecule has 0 bridgehead atoms. The third-order valence-electron chi connectivity index (χ3n) is 6.66. The minimum atomic E-state index is 0.149. The number of nitrogens with one attached hydrogen (secondary N) is 2. The molecule has 162 valence electrons. The van der Waals surface area contributed by atoms with Gasteiger partial charge in [-0.25, -0.2) is 4.68 Å². The minimum absolute atomic E-state index is 0.149. The Bertz CT molecular complexity index is 933. The number of aromatic nitrogens is 4. The highest BCUT2D eigenvalue weighted by Crippen LogP contribution is 2.19. The van der Waals surface area contributed by atoms with Crippen LogP contribution in [0.1, 0.15) is 35.8 Å². The third-order valence-corrected chi connectivity index (χ3v) is 6.66. The minimum Gasteiger partial charge on any atom is -0.376 e. The van der Waals surface area contributed by atoms with Crippen molar-refractivity contribution in [3.05, 3.63) is 77.6 Å². The van der Waals surface area contributed by atoms with Gasteiger partial charge in [-0.1, -0.05) is 60.7 Å². The highest BCUT2D eigenvalue weighted by molar-refractivity contribution is 5.22. The number of piperazine rings is 1. The first-order chi connectivity index (χ1) is 15.4. The largest absolute Gasteiger partial charge is 0.376 e. The van der Waals surface area contributed by atoms with Gasteiger partial charge in [0.1, 0.15) is 32.7 Å². The maximum atomic E-state index is 5.86. The van der Waals surface area contributed by atoms with Gasteiger partial charge in [0.2, 0.25) is 5.82 Å². The van der Waals surface area contributed by atoms with Crippen LogP contribution in [0, 0.1) is 0 Å². The summed E-state index contributed by atoms with van der Waals surface area (Å²) in [6, 6.07) is 21.7. The SMILES string of the molecule is c1ccc(C[NH+]2CC[NH+]([C@H](c3ccccc3)c3nnnn3C[C@H]3CCCO3)CC2)cc1. The Kier molecular flexibility index (Phi) is 6.34. The topological polar surface area (TPSA) is 61.7 Å². The van der Waals surface area contributed by atoms with Crippen LogP contribution in [0.2, 0.25) is 0 Å². The van der Waals surface area contributed by atoms with Gasteiger partial charge in [-0.2, -0.15) is 0 Å². The number of quaternary nitrogens is 2. The van der Waals surface area contributed by atoms with E-state index in [0.29, 0.717) is 0 Å². The van der Waals surface area contributed by atoms with Crippen LogP contribution in [0.4, 0.5) is 0 Å². The predicted octanol–water partition coefficient (Wildman–Crippen LogP) is -0.0749. The molecule has 3 aromatic rings. The Hall–Kier alpha value is -2.61. The Morgan fingerprint density at radius 3 is 2.42 bits per heavy atom. The lowest BCUT2D eigenvalue weighted by Crippen LogP contribution is -3.27. The van der Waals surface area contributed by atoms with Crippen LogP contribution in [-0.2, 0) is 17.8 Å². The van der Waals surface area contributed by atoms with Crippen LogP contribution < -0.4 is 9.80 Å². The van der Waals surface area contributed by atoms with E-state index in [2.05, 4.69) is 76.2 Å². The van der Waals surface area contributed by atoms with Crippen molar-refractivity contribution in [2.75, 3.05) is 32.8 Å². The van der Waals surface area contributed by atoms with Crippen molar-refractivity contribution in [3.63, 3.8) is 0 Å². The standard InChI is InChI=1S/C24H30N6O/c1-3-8-20(9-4-1)18-28-13-15-29(16-14-28)23(21-10-5-2-6-11-21)24-25-26-27-30(24)19-22-12-7-17-31-22/h1-6,8-11,22-23H,7,12-19H2/p+2/t22-,23-/m1/s1. The zero-order valence-electron chi connectivity index (χ0n) is 18.0. The number of nitrogens with zero attached hydrogens (tertiary/aromatic N) is 4. The van der Waals surface area contributed by atoms with Gasteiger partial charge in [-0.3, -0.25) is 0 Å². The number of tetrazole rings is 1. The van der Waals surface area contributed by atoms with Gasteiger partial charge < -0.3 is 14.5 Å². The molecule has 7 heteroatoms. The average molecular weight is 421 g/mol. The molecule has 2 aromatic carbocycles. The van der Waals surface area contributed by atoms with E-state index in [1.807, 2.05) is 4.68 Å². The summed E-state index contributed by atoms with van der Waals surface area (Å²) in [7, 11) is 0. The van der Waals surface area contributed by atoms with Crippen LogP contribution in [0.3, 0.4) is 0 Å². The molecule has 0 radical (unpaired) electrons. The van der Waals surface area contributed by atoms with Gasteiger partial charge in [0.25, 0.3) is 0 Å². The van der Waals surface area contributed by atoms with E-state index < -0.39 is 0 Å². The van der Waals surface area contributed by atoms with Crippen molar-refractivity contribution < 1.29 is 14.5 Å². The number of hydrogen-bond donors (Lipinski definition) is 2. The number of ether oxygens (including phenoxy) is 1. The number of hydrogen-bond acceptors (Lipinski definition) is 4. The first kappa shape index (κ1) is 20.3. The summed E-state index contributed by atoms with van der Waals surface area (Å²) in [5.74, 6) is 0.961. The maximum absolute atomic E-state index is 5.86. The Balaban J connectivity index is 1.33. The lowest BCUT2D eigenvalue weighted by molar-refractivity contribution is -1.03. The number of rotatable bonds is 7. The first-order valence-electron chi connectivity index (χ1n) is 11.5. The molecule has 5 rings (SSSR count). The van der Waals surface area contributed by atoms with E-state index in [1.165, 1.54) is 11.1 Å². The Labute approximate surface area is 183 Å². The molecule has 0 spiro atoms. The molecule has 2 fully saturated rings. The molecule has 2 saturated heterocycles. The molecule has 31 heavy (non-hydrogen) atoms. The van der Waals surface area contributed by atoms with E-state index in [1.54, 1.807) is 9.80 Å². The average Bonchev–Trinajstić information content (AvgIpc) is 3.50. The molecule has 3 heterocycles. The lowest BCUT2D eigenvalue weighted by Gasteiger charge is -2.34. The summed E-state index contributed by atoms with van der Waals surface area (Å²) < 4.78 is 7.85. The zero-order valence-corrected chi connectivity index (χ0v) is 18.0. The lowest BCUT2D eigenvalue weighted by atomic mass is 10.0. The molecule has 2 atom stereocenters. The van der Waals surface area contributed by atoms with Crippen molar-refractivity contribution in [3.8, 4) is 0 Å². The fourth-order valence-electron chi connectivity index (χ4n) is 5.02. The van der Waals surface area contributed by atoms with Crippen molar-refractivity contribution in [2.24, 2.45) is 0 Å². The van der Waals surface area contributed by atoms with E-state index in [-0.39, 0.29) is 12.1 Å². The van der Waals surface area contributed by atoms with Gasteiger partial charge in [0.05, 0.1) is 12.6 Å². The molecule has 0 aliphatic carbocycles. The van der Waals surface area contributed by atoms with Crippen LogP contribution >= 0.6 is 0 Å². The second-order valence-corrected chi connectivity index (χ2v) is 8.77. The molecule has 0 saturated carbocycles. The van der Waals surface area contributed by atoms with Gasteiger partial charge in [-0.05, 0) is 23.3 Å². The van der Waals surface area contributed by atoms with E-state index in [4.69, 9.17) is 4.74 Å². The quantitative estimate of drug-likeness (QED) is 0.562. The maximum Gasteiger partial charge on any atom is 0.214 e. The smallest absolute Gasteiger partial charge is 0.214 e. The van der Waals surface area contributed by atoms with Gasteiger partial charge >= 0.3 is 0 Å². The molecule has 7 nitrogen and oxygen atoms in total. The van der Waals surface area contributed by atoms with Crippen LogP contribution in [0.15, 0.2) is 60.7 Å². The fourth-order valence-corrected chi connectivity index (χ4v) is 5.02. The molecule has 2 aliphatic rings. The van der Waals surface area contributed by atoms with E-state index in [9.17, 15) is 0 Å². The second-order valence-electron chi connectivity index (χ2n) is 8.77. The summed E-state index contributed by atoms with van der Waals surface area (Å²) in [4.78, 5) is 3.20. The van der Waals surface area contributed by atoms with Crippen molar-refractivity contribution in [1.29, 1.82) is 0 Å². The second kappa shape index (κ2) is 9.68. The van der Waals surface area contributed by atoms with Crippen LogP contribution in [0.5, 0.6) is 0 Å². The van der Waals surface area contributed by atoms with Crippen molar-refractivity contribution >= 4 is 0 Å². The molecule has 0 unspecified atom stereocenters. The van der Waals surface area contributed by atoms with E-state index >= 15 is 0 Å². The number of benzene rings is 2. The van der Waals surface area contributed by atoms with Gasteiger partial charge in [0.15, 0.2) is 6.04 Å². The van der Waals surface area contributed by atoms with E-state index in [0.717, 1.165) is 64.5 Å². The molecule has 2 N–H and O–H groups in total. The molecule has 0 amide bonds. The highest BCUT2D eigenvalue weighted by Gasteiger charge is 2.36. The molecule has 2 aliphatic heterocycles. The summed E-state index contributed by atoms with van der Waals surface area (Å²) in [5.41, 5.74) is 2.70. The zero-order chi connectivity index (χ0) is 20.9. The Morgan fingerprint density at radius 1 is 0.968 bits per heavy atom. The van der Waals surface area contributed by atoms with Crippen LogP contribution in [-0.4, -0.2) is 59.1 Å². The molecular formula is C24H32N6O+2. The first-order valence-corrected chi connectivity index (χ1v) is 11.5. The monoisotopic (exact) mass is 420 g/mol. The predicted molar refractivity (Wildman–Crippen MR) is 117 cm³/mol. The molecular weight excluding hydrogens is 388 g/mol. The van der Waals surface area contributed by atoms with Crippen molar-refractivity contribution in [2.45, 2.75) is 38.1 Å².